The molecule has 0 bridgehead atoms. The van der Waals surface area contributed by atoms with Crippen LogP contribution in [0.25, 0.3) is 6.08 Å². The number of nitrogens with one attached hydrogen (secondary N) is 1. The van der Waals surface area contributed by atoms with Crippen molar-refractivity contribution in [2.75, 3.05) is 0 Å². The third-order valence-electron chi connectivity index (χ3n) is 2.22. The minimum atomic E-state index is 0.849. The molecule has 1 N–H and O–H groups in total. The summed E-state index contributed by atoms with van der Waals surface area (Å²) in [5.41, 5.74) is 2.43. The Hall–Kier alpha value is -1.83. The summed E-state index contributed by atoms with van der Waals surface area (Å²) in [7, 11) is 0. The van der Waals surface area contributed by atoms with Crippen LogP contribution in [0.15, 0.2) is 42.7 Å². The fraction of sp³-hybridized carbons (Fsp3) is 0.0769. The Bertz CT molecular complexity index is 424. The number of aromatic nitrogens is 2. The molecule has 0 fully saturated rings. The highest BCUT2D eigenvalue weighted by Gasteiger charge is 1.97. The standard InChI is InChI=1S/C13H13N2/c1-2-3-11-4-6-12(7-5-11)10-13-14-8-9-15-13/h2-9H,1,10H2,(H,14,15). The SMILES string of the molecule is [CH2]C=Cc1ccc(Cc2ncc[nH]2)cc1. The summed E-state index contributed by atoms with van der Waals surface area (Å²) >= 11 is 0. The maximum Gasteiger partial charge on any atom is 0.110 e. The third-order valence-corrected chi connectivity index (χ3v) is 2.22. The van der Waals surface area contributed by atoms with E-state index < -0.39 is 0 Å². The number of hydrogen-bond acceptors (Lipinski definition) is 1. The summed E-state index contributed by atoms with van der Waals surface area (Å²) in [6, 6.07) is 8.38. The van der Waals surface area contributed by atoms with E-state index in [1.807, 2.05) is 12.3 Å². The van der Waals surface area contributed by atoms with Gasteiger partial charge in [-0.15, -0.1) is 0 Å². The Morgan fingerprint density at radius 3 is 2.67 bits per heavy atom. The van der Waals surface area contributed by atoms with Gasteiger partial charge < -0.3 is 4.98 Å². The number of benzene rings is 1. The molecule has 0 aliphatic heterocycles. The number of imidazole rings is 1. The van der Waals surface area contributed by atoms with E-state index in [0.29, 0.717) is 0 Å². The number of H-pyrrole nitrogens is 1. The first-order valence-electron chi connectivity index (χ1n) is 4.91. The summed E-state index contributed by atoms with van der Waals surface area (Å²) in [5.74, 6) is 0.996. The van der Waals surface area contributed by atoms with Gasteiger partial charge in [-0.3, -0.25) is 0 Å². The van der Waals surface area contributed by atoms with Crippen molar-refractivity contribution in [1.29, 1.82) is 0 Å². The van der Waals surface area contributed by atoms with Crippen LogP contribution >= 0.6 is 0 Å². The van der Waals surface area contributed by atoms with E-state index in [4.69, 9.17) is 0 Å². The molecule has 15 heavy (non-hydrogen) atoms. The first kappa shape index (κ1) is 9.71. The van der Waals surface area contributed by atoms with Crippen LogP contribution in [0.5, 0.6) is 0 Å². The molecule has 1 heterocycles. The Balaban J connectivity index is 2.10. The van der Waals surface area contributed by atoms with Crippen LogP contribution < -0.4 is 0 Å². The van der Waals surface area contributed by atoms with E-state index in [1.165, 1.54) is 11.1 Å². The molecule has 0 aliphatic rings. The number of rotatable bonds is 3. The number of hydrogen-bond donors (Lipinski definition) is 1. The molecule has 75 valence electrons. The highest BCUT2D eigenvalue weighted by molar-refractivity contribution is 5.50. The quantitative estimate of drug-likeness (QED) is 0.805. The van der Waals surface area contributed by atoms with Crippen LogP contribution in [0.1, 0.15) is 17.0 Å². The van der Waals surface area contributed by atoms with E-state index in [0.717, 1.165) is 12.2 Å². The molecule has 0 amide bonds. The molecule has 1 aromatic heterocycles. The number of aromatic amines is 1. The van der Waals surface area contributed by atoms with Gasteiger partial charge >= 0.3 is 0 Å². The first-order valence-corrected chi connectivity index (χ1v) is 4.91. The molecule has 2 heteroatoms. The molecule has 1 radical (unpaired) electrons. The van der Waals surface area contributed by atoms with Crippen LogP contribution in [0.4, 0.5) is 0 Å². The summed E-state index contributed by atoms with van der Waals surface area (Å²) < 4.78 is 0. The van der Waals surface area contributed by atoms with E-state index >= 15 is 0 Å². The van der Waals surface area contributed by atoms with Gasteiger partial charge in [-0.25, -0.2) is 4.98 Å². The lowest BCUT2D eigenvalue weighted by molar-refractivity contribution is 1.03. The number of allylic oxidation sites excluding steroid dienone is 1. The Labute approximate surface area is 89.7 Å². The van der Waals surface area contributed by atoms with Crippen molar-refractivity contribution in [3.05, 3.63) is 66.6 Å². The van der Waals surface area contributed by atoms with Crippen LogP contribution in [0.3, 0.4) is 0 Å². The minimum absolute atomic E-state index is 0.849. The summed E-state index contributed by atoms with van der Waals surface area (Å²) in [6.45, 7) is 3.67. The lowest BCUT2D eigenvalue weighted by Crippen LogP contribution is -1.90. The van der Waals surface area contributed by atoms with E-state index in [-0.39, 0.29) is 0 Å². The topological polar surface area (TPSA) is 28.7 Å². The van der Waals surface area contributed by atoms with Crippen molar-refractivity contribution in [3.8, 4) is 0 Å². The van der Waals surface area contributed by atoms with Crippen molar-refractivity contribution in [2.45, 2.75) is 6.42 Å². The zero-order chi connectivity index (χ0) is 10.5. The normalized spacial score (nSPS) is 11.0. The largest absolute Gasteiger partial charge is 0.348 e. The second kappa shape index (κ2) is 4.60. The van der Waals surface area contributed by atoms with E-state index in [9.17, 15) is 0 Å². The predicted molar refractivity (Wildman–Crippen MR) is 62.2 cm³/mol. The fourth-order valence-corrected chi connectivity index (χ4v) is 1.47. The molecule has 0 saturated carbocycles. The Morgan fingerprint density at radius 1 is 1.27 bits per heavy atom. The monoisotopic (exact) mass is 197 g/mol. The van der Waals surface area contributed by atoms with Gasteiger partial charge in [0.1, 0.15) is 5.82 Å². The summed E-state index contributed by atoms with van der Waals surface area (Å²) in [6.07, 6.45) is 8.24. The van der Waals surface area contributed by atoms with Crippen molar-refractivity contribution < 1.29 is 0 Å². The Morgan fingerprint density at radius 2 is 2.07 bits per heavy atom. The maximum absolute atomic E-state index is 4.19. The average molecular weight is 197 g/mol. The molecular weight excluding hydrogens is 184 g/mol. The van der Waals surface area contributed by atoms with Crippen molar-refractivity contribution in [3.63, 3.8) is 0 Å². The van der Waals surface area contributed by atoms with Gasteiger partial charge in [0.25, 0.3) is 0 Å². The van der Waals surface area contributed by atoms with Crippen molar-refractivity contribution >= 4 is 6.08 Å². The second-order valence-electron chi connectivity index (χ2n) is 3.36. The molecular formula is C13H13N2. The van der Waals surface area contributed by atoms with Gasteiger partial charge in [-0.05, 0) is 18.1 Å². The van der Waals surface area contributed by atoms with E-state index in [2.05, 4.69) is 41.2 Å². The van der Waals surface area contributed by atoms with Crippen LogP contribution in [-0.2, 0) is 6.42 Å². The summed E-state index contributed by atoms with van der Waals surface area (Å²) in [4.78, 5) is 7.28. The Kier molecular flexibility index (Phi) is 2.98. The molecule has 1 aromatic carbocycles. The van der Waals surface area contributed by atoms with Gasteiger partial charge in [-0.2, -0.15) is 0 Å². The van der Waals surface area contributed by atoms with Gasteiger partial charge in [0.05, 0.1) is 0 Å². The highest BCUT2D eigenvalue weighted by atomic mass is 14.9. The second-order valence-corrected chi connectivity index (χ2v) is 3.36. The predicted octanol–water partition coefficient (Wildman–Crippen LogP) is 2.85. The molecule has 2 rings (SSSR count). The summed E-state index contributed by atoms with van der Waals surface area (Å²) in [5, 5.41) is 0. The van der Waals surface area contributed by atoms with Crippen LogP contribution in [0, 0.1) is 6.92 Å². The lowest BCUT2D eigenvalue weighted by Gasteiger charge is -1.99. The number of nitrogens with zero attached hydrogens (tertiary/aromatic N) is 1. The van der Waals surface area contributed by atoms with Crippen LogP contribution in [0.2, 0.25) is 0 Å². The third kappa shape index (κ3) is 2.56. The van der Waals surface area contributed by atoms with Crippen molar-refractivity contribution in [1.82, 2.24) is 9.97 Å². The van der Waals surface area contributed by atoms with Gasteiger partial charge in [0.15, 0.2) is 0 Å². The average Bonchev–Trinajstić information content (AvgIpc) is 2.74. The zero-order valence-corrected chi connectivity index (χ0v) is 8.48. The fourth-order valence-electron chi connectivity index (χ4n) is 1.47. The zero-order valence-electron chi connectivity index (χ0n) is 8.48. The molecule has 0 saturated heterocycles. The van der Waals surface area contributed by atoms with Crippen LogP contribution in [-0.4, -0.2) is 9.97 Å². The highest BCUT2D eigenvalue weighted by Crippen LogP contribution is 2.09. The lowest BCUT2D eigenvalue weighted by atomic mass is 10.1. The molecule has 0 spiro atoms. The minimum Gasteiger partial charge on any atom is -0.348 e. The van der Waals surface area contributed by atoms with Crippen molar-refractivity contribution in [2.24, 2.45) is 0 Å². The molecule has 2 nitrogen and oxygen atoms in total. The molecule has 2 aromatic rings. The smallest absolute Gasteiger partial charge is 0.110 e. The first-order chi connectivity index (χ1) is 7.38. The van der Waals surface area contributed by atoms with E-state index in [1.54, 1.807) is 12.3 Å². The van der Waals surface area contributed by atoms with Gasteiger partial charge in [0, 0.05) is 18.8 Å². The molecule has 0 unspecified atom stereocenters. The van der Waals surface area contributed by atoms with Gasteiger partial charge in [0.2, 0.25) is 0 Å². The molecule has 0 atom stereocenters. The maximum atomic E-state index is 4.19. The van der Waals surface area contributed by atoms with Gasteiger partial charge in [-0.1, -0.05) is 36.4 Å². The molecule has 0 aliphatic carbocycles.